The Bertz CT molecular complexity index is 599. The zero-order valence-corrected chi connectivity index (χ0v) is 18.5. The number of carbonyl (C=O) groups is 1. The molecule has 0 saturated carbocycles. The molecule has 1 aromatic carbocycles. The first-order valence-corrected chi connectivity index (χ1v) is 9.04. The smallest absolute Gasteiger partial charge is 0.219 e. The number of rotatable bonds is 5. The fourth-order valence-corrected chi connectivity index (χ4v) is 2.81. The molecule has 1 aliphatic rings. The fourth-order valence-electron chi connectivity index (χ4n) is 2.81. The molecular weight excluding hydrogens is 443 g/mol. The van der Waals surface area contributed by atoms with Crippen molar-refractivity contribution in [1.82, 2.24) is 15.1 Å². The van der Waals surface area contributed by atoms with Crippen LogP contribution in [0.4, 0.5) is 0 Å². The Hall–Kier alpha value is -1.51. The number of halogens is 1. The van der Waals surface area contributed by atoms with E-state index in [4.69, 9.17) is 9.73 Å². The lowest BCUT2D eigenvalue weighted by molar-refractivity contribution is -0.130. The van der Waals surface area contributed by atoms with Crippen molar-refractivity contribution in [2.75, 3.05) is 32.7 Å². The highest BCUT2D eigenvalue weighted by Crippen LogP contribution is 2.16. The lowest BCUT2D eigenvalue weighted by Crippen LogP contribution is -2.53. The quantitative estimate of drug-likeness (QED) is 0.405. The third-order valence-corrected chi connectivity index (χ3v) is 4.04. The lowest BCUT2D eigenvalue weighted by atomic mass is 10.2. The number of benzene rings is 1. The van der Waals surface area contributed by atoms with E-state index in [1.54, 1.807) is 6.92 Å². The Kier molecular flexibility index (Phi) is 9.75. The van der Waals surface area contributed by atoms with Gasteiger partial charge in [-0.05, 0) is 38.5 Å². The molecule has 1 N–H and O–H groups in total. The summed E-state index contributed by atoms with van der Waals surface area (Å²) in [6.07, 6.45) is 0.161. The fraction of sp³-hybridized carbons (Fsp3) is 0.579. The number of amides is 1. The number of nitrogens with zero attached hydrogens (tertiary/aromatic N) is 3. The van der Waals surface area contributed by atoms with Crippen LogP contribution < -0.4 is 10.1 Å². The number of guanidine groups is 1. The van der Waals surface area contributed by atoms with Gasteiger partial charge < -0.3 is 19.9 Å². The van der Waals surface area contributed by atoms with Crippen molar-refractivity contribution in [3.05, 3.63) is 29.8 Å². The summed E-state index contributed by atoms with van der Waals surface area (Å²) < 4.78 is 5.75. The number of nitrogens with one attached hydrogen (secondary N) is 1. The molecule has 0 radical (unpaired) electrons. The Morgan fingerprint density at radius 1 is 1.23 bits per heavy atom. The standard InChI is InChI=1S/C19H30N4O2.HI/c1-5-20-19(23-11-9-22(10-12-23)16(4)24)21-14-17-7-6-8-18(13-17)25-15(2)3;/h6-8,13,15H,5,9-12,14H2,1-4H3,(H,20,21);1H. The average Bonchev–Trinajstić information content (AvgIpc) is 2.58. The summed E-state index contributed by atoms with van der Waals surface area (Å²) in [4.78, 5) is 20.3. The van der Waals surface area contributed by atoms with E-state index >= 15 is 0 Å². The van der Waals surface area contributed by atoms with Crippen LogP contribution in [0.5, 0.6) is 5.75 Å². The monoisotopic (exact) mass is 474 g/mol. The lowest BCUT2D eigenvalue weighted by Gasteiger charge is -2.36. The van der Waals surface area contributed by atoms with Gasteiger partial charge in [-0.1, -0.05) is 12.1 Å². The zero-order valence-electron chi connectivity index (χ0n) is 16.2. The number of hydrogen-bond acceptors (Lipinski definition) is 3. The number of carbonyl (C=O) groups excluding carboxylic acids is 1. The zero-order chi connectivity index (χ0) is 18.2. The highest BCUT2D eigenvalue weighted by molar-refractivity contribution is 14.0. The van der Waals surface area contributed by atoms with Gasteiger partial charge in [0.1, 0.15) is 5.75 Å². The highest BCUT2D eigenvalue weighted by atomic mass is 127. The normalized spacial score (nSPS) is 14.9. The van der Waals surface area contributed by atoms with Crippen molar-refractivity contribution in [3.63, 3.8) is 0 Å². The second-order valence-electron chi connectivity index (χ2n) is 6.48. The summed E-state index contributed by atoms with van der Waals surface area (Å²) in [5.74, 6) is 1.92. The SMILES string of the molecule is CCNC(=NCc1cccc(OC(C)C)c1)N1CCN(C(C)=O)CC1.I. The van der Waals surface area contributed by atoms with Crippen molar-refractivity contribution < 1.29 is 9.53 Å². The maximum Gasteiger partial charge on any atom is 0.219 e. The van der Waals surface area contributed by atoms with Crippen LogP contribution in [0.3, 0.4) is 0 Å². The van der Waals surface area contributed by atoms with Gasteiger partial charge in [-0.15, -0.1) is 24.0 Å². The minimum atomic E-state index is 0. The molecule has 0 spiro atoms. The van der Waals surface area contributed by atoms with Gasteiger partial charge in [0, 0.05) is 39.6 Å². The number of aliphatic imine (C=N–C) groups is 1. The van der Waals surface area contributed by atoms with Gasteiger partial charge in [0.15, 0.2) is 5.96 Å². The number of ether oxygens (including phenoxy) is 1. The molecule has 1 amide bonds. The summed E-state index contributed by atoms with van der Waals surface area (Å²) in [6.45, 7) is 12.3. The second-order valence-corrected chi connectivity index (χ2v) is 6.48. The van der Waals surface area contributed by atoms with Gasteiger partial charge in [0.05, 0.1) is 12.6 Å². The van der Waals surface area contributed by atoms with Crippen LogP contribution in [-0.2, 0) is 11.3 Å². The van der Waals surface area contributed by atoms with E-state index < -0.39 is 0 Å². The Balaban J connectivity index is 0.00000338. The van der Waals surface area contributed by atoms with Crippen molar-refractivity contribution in [2.45, 2.75) is 40.3 Å². The Morgan fingerprint density at radius 2 is 1.88 bits per heavy atom. The topological polar surface area (TPSA) is 57.2 Å². The predicted octanol–water partition coefficient (Wildman–Crippen LogP) is 2.72. The molecule has 1 fully saturated rings. The van der Waals surface area contributed by atoms with Crippen LogP contribution in [0.15, 0.2) is 29.3 Å². The first-order chi connectivity index (χ1) is 12.0. The molecule has 6 nitrogen and oxygen atoms in total. The molecule has 7 heteroatoms. The van der Waals surface area contributed by atoms with Gasteiger partial charge in [-0.3, -0.25) is 4.79 Å². The molecule has 2 rings (SSSR count). The molecule has 1 aliphatic heterocycles. The predicted molar refractivity (Wildman–Crippen MR) is 116 cm³/mol. The summed E-state index contributed by atoms with van der Waals surface area (Å²) in [5, 5.41) is 3.35. The van der Waals surface area contributed by atoms with Crippen molar-refractivity contribution in [2.24, 2.45) is 4.99 Å². The minimum Gasteiger partial charge on any atom is -0.491 e. The Labute approximate surface area is 174 Å². The van der Waals surface area contributed by atoms with Crippen molar-refractivity contribution in [3.8, 4) is 5.75 Å². The van der Waals surface area contributed by atoms with Crippen LogP contribution in [0, 0.1) is 0 Å². The van der Waals surface area contributed by atoms with Crippen LogP contribution in [0.1, 0.15) is 33.3 Å². The molecule has 0 unspecified atom stereocenters. The summed E-state index contributed by atoms with van der Waals surface area (Å²) in [7, 11) is 0. The maximum atomic E-state index is 11.5. The van der Waals surface area contributed by atoms with Crippen LogP contribution >= 0.6 is 24.0 Å². The largest absolute Gasteiger partial charge is 0.491 e. The molecular formula is C19H31IN4O2. The van der Waals surface area contributed by atoms with Crippen LogP contribution in [-0.4, -0.2) is 60.5 Å². The van der Waals surface area contributed by atoms with Gasteiger partial charge >= 0.3 is 0 Å². The maximum absolute atomic E-state index is 11.5. The first-order valence-electron chi connectivity index (χ1n) is 9.04. The molecule has 0 aliphatic carbocycles. The second kappa shape index (κ2) is 11.3. The van der Waals surface area contributed by atoms with Crippen molar-refractivity contribution in [1.29, 1.82) is 0 Å². The third kappa shape index (κ3) is 7.01. The first kappa shape index (κ1) is 22.5. The molecule has 0 aromatic heterocycles. The van der Waals surface area contributed by atoms with Gasteiger partial charge in [0.2, 0.25) is 5.91 Å². The molecule has 0 atom stereocenters. The van der Waals surface area contributed by atoms with Crippen molar-refractivity contribution >= 4 is 35.8 Å². The van der Waals surface area contributed by atoms with E-state index in [9.17, 15) is 4.79 Å². The summed E-state index contributed by atoms with van der Waals surface area (Å²) >= 11 is 0. The van der Waals surface area contributed by atoms with E-state index in [-0.39, 0.29) is 36.0 Å². The van der Waals surface area contributed by atoms with E-state index in [1.165, 1.54) is 0 Å². The van der Waals surface area contributed by atoms with E-state index in [2.05, 4.69) is 23.2 Å². The molecule has 1 aromatic rings. The number of hydrogen-bond donors (Lipinski definition) is 1. The third-order valence-electron chi connectivity index (χ3n) is 4.04. The van der Waals surface area contributed by atoms with E-state index in [0.29, 0.717) is 6.54 Å². The van der Waals surface area contributed by atoms with Crippen LogP contribution in [0.25, 0.3) is 0 Å². The molecule has 1 saturated heterocycles. The van der Waals surface area contributed by atoms with E-state index in [0.717, 1.165) is 50.0 Å². The highest BCUT2D eigenvalue weighted by Gasteiger charge is 2.20. The molecule has 146 valence electrons. The molecule has 0 bridgehead atoms. The van der Waals surface area contributed by atoms with Gasteiger partial charge in [0.25, 0.3) is 0 Å². The van der Waals surface area contributed by atoms with E-state index in [1.807, 2.05) is 36.9 Å². The van der Waals surface area contributed by atoms with Crippen LogP contribution in [0.2, 0.25) is 0 Å². The molecule has 1 heterocycles. The molecule has 26 heavy (non-hydrogen) atoms. The van der Waals surface area contributed by atoms with Gasteiger partial charge in [-0.2, -0.15) is 0 Å². The van der Waals surface area contributed by atoms with Gasteiger partial charge in [-0.25, -0.2) is 4.99 Å². The summed E-state index contributed by atoms with van der Waals surface area (Å²) in [5.41, 5.74) is 1.12. The minimum absolute atomic E-state index is 0. The average molecular weight is 474 g/mol. The summed E-state index contributed by atoms with van der Waals surface area (Å²) in [6, 6.07) is 8.08. The number of piperazine rings is 1. The Morgan fingerprint density at radius 3 is 2.46 bits per heavy atom.